The fourth-order valence-corrected chi connectivity index (χ4v) is 3.93. The van der Waals surface area contributed by atoms with E-state index in [-0.39, 0.29) is 17.5 Å². The van der Waals surface area contributed by atoms with Crippen LogP contribution in [0.25, 0.3) is 0 Å². The molecule has 4 rings (SSSR count). The molecule has 0 atom stereocenters. The maximum atomic E-state index is 13.0. The van der Waals surface area contributed by atoms with Crippen molar-refractivity contribution in [2.24, 2.45) is 0 Å². The lowest BCUT2D eigenvalue weighted by Crippen LogP contribution is -2.25. The molecule has 1 aliphatic rings. The van der Waals surface area contributed by atoms with Gasteiger partial charge in [0.25, 0.3) is 11.9 Å². The van der Waals surface area contributed by atoms with Crippen LogP contribution >= 0.6 is 0 Å². The third kappa shape index (κ3) is 6.30. The first-order valence-electron chi connectivity index (χ1n) is 11.9. The molecule has 0 spiro atoms. The molecule has 0 aliphatic carbocycles. The second-order valence-corrected chi connectivity index (χ2v) is 9.68. The molecule has 0 bridgehead atoms. The summed E-state index contributed by atoms with van der Waals surface area (Å²) in [5, 5.41) is 4.35. The number of carbonyl (C=O) groups is 1. The summed E-state index contributed by atoms with van der Waals surface area (Å²) in [6.45, 7) is 9.85. The van der Waals surface area contributed by atoms with Gasteiger partial charge in [0.1, 0.15) is 23.7 Å². The zero-order valence-corrected chi connectivity index (χ0v) is 20.9. The Kier molecular flexibility index (Phi) is 7.25. The first kappa shape index (κ1) is 24.5. The van der Waals surface area contributed by atoms with Gasteiger partial charge in [-0.25, -0.2) is 0 Å². The third-order valence-corrected chi connectivity index (χ3v) is 5.74. The van der Waals surface area contributed by atoms with Crippen LogP contribution in [0.15, 0.2) is 48.5 Å². The van der Waals surface area contributed by atoms with Crippen LogP contribution in [-0.4, -0.2) is 64.5 Å². The van der Waals surface area contributed by atoms with Gasteiger partial charge in [0.15, 0.2) is 0 Å². The topological polar surface area (TPSA) is 98.7 Å². The molecule has 2 aromatic carbocycles. The zero-order chi connectivity index (χ0) is 25.0. The Balaban J connectivity index is 1.39. The van der Waals surface area contributed by atoms with Gasteiger partial charge in [0, 0.05) is 24.8 Å². The lowest BCUT2D eigenvalue weighted by atomic mass is 10.1. The van der Waals surface area contributed by atoms with Gasteiger partial charge in [-0.15, -0.1) is 5.10 Å². The first-order chi connectivity index (χ1) is 16.7. The summed E-state index contributed by atoms with van der Waals surface area (Å²) in [4.78, 5) is 21.5. The molecule has 1 aliphatic heterocycles. The van der Waals surface area contributed by atoms with Crippen molar-refractivity contribution in [3.63, 3.8) is 0 Å². The molecule has 2 N–H and O–H groups in total. The lowest BCUT2D eigenvalue weighted by molar-refractivity contribution is 0.0948. The molecule has 0 unspecified atom stereocenters. The first-order valence-corrected chi connectivity index (χ1v) is 11.9. The predicted octanol–water partition coefficient (Wildman–Crippen LogP) is 3.97. The Bertz CT molecular complexity index is 1130. The summed E-state index contributed by atoms with van der Waals surface area (Å²) in [6.07, 6.45) is 2.55. The maximum Gasteiger partial charge on any atom is 0.281 e. The molecule has 0 saturated carbocycles. The van der Waals surface area contributed by atoms with Crippen LogP contribution in [0.3, 0.4) is 0 Å². The average molecular weight is 479 g/mol. The normalized spacial score (nSPS) is 14.2. The van der Waals surface area contributed by atoms with Crippen LogP contribution in [0.1, 0.15) is 44.0 Å². The van der Waals surface area contributed by atoms with Crippen molar-refractivity contribution in [2.45, 2.75) is 39.2 Å². The Labute approximate surface area is 206 Å². The maximum absolute atomic E-state index is 13.0. The minimum atomic E-state index is -0.362. The Morgan fingerprint density at radius 3 is 2.29 bits per heavy atom. The van der Waals surface area contributed by atoms with E-state index < -0.39 is 0 Å². The van der Waals surface area contributed by atoms with Crippen molar-refractivity contribution < 1.29 is 14.3 Å². The zero-order valence-electron chi connectivity index (χ0n) is 20.9. The van der Waals surface area contributed by atoms with Crippen molar-refractivity contribution in [1.82, 2.24) is 19.7 Å². The van der Waals surface area contributed by atoms with E-state index in [9.17, 15) is 4.79 Å². The van der Waals surface area contributed by atoms with Crippen LogP contribution < -0.4 is 20.1 Å². The summed E-state index contributed by atoms with van der Waals surface area (Å²) in [6, 6.07) is 14.6. The van der Waals surface area contributed by atoms with Gasteiger partial charge in [-0.05, 0) is 95.2 Å². The number of rotatable bonds is 8. The molecule has 1 aromatic heterocycles. The quantitative estimate of drug-likeness (QED) is 0.519. The smallest absolute Gasteiger partial charge is 0.281 e. The number of nitrogens with zero attached hydrogens (tertiary/aromatic N) is 5. The number of carbonyl (C=O) groups excluding carboxylic acids is 1. The highest BCUT2D eigenvalue weighted by molar-refractivity contribution is 5.97. The molecule has 1 fully saturated rings. The fourth-order valence-electron chi connectivity index (χ4n) is 3.93. The van der Waals surface area contributed by atoms with E-state index in [4.69, 9.17) is 15.2 Å². The molecule has 9 nitrogen and oxygen atoms in total. The summed E-state index contributed by atoms with van der Waals surface area (Å²) in [5.41, 5.74) is 7.00. The van der Waals surface area contributed by atoms with E-state index >= 15 is 0 Å². The number of anilines is 3. The number of hydrogen-bond donors (Lipinski definition) is 1. The van der Waals surface area contributed by atoms with E-state index in [0.717, 1.165) is 35.8 Å². The van der Waals surface area contributed by atoms with Crippen molar-refractivity contribution in [1.29, 1.82) is 0 Å². The van der Waals surface area contributed by atoms with Crippen LogP contribution in [0.4, 0.5) is 17.6 Å². The molecular weight excluding hydrogens is 444 g/mol. The van der Waals surface area contributed by atoms with Crippen molar-refractivity contribution in [3.05, 3.63) is 54.1 Å². The monoisotopic (exact) mass is 478 g/mol. The Morgan fingerprint density at radius 1 is 1.03 bits per heavy atom. The van der Waals surface area contributed by atoms with Crippen LogP contribution in [0.5, 0.6) is 11.5 Å². The van der Waals surface area contributed by atoms with E-state index in [1.807, 2.05) is 52.1 Å². The number of nitrogen functional groups attached to an aromatic ring is 1. The van der Waals surface area contributed by atoms with E-state index in [1.54, 1.807) is 29.2 Å². The number of ether oxygens (including phenoxy) is 2. The van der Waals surface area contributed by atoms with Crippen molar-refractivity contribution in [2.75, 3.05) is 43.9 Å². The van der Waals surface area contributed by atoms with Crippen LogP contribution in [0, 0.1) is 0 Å². The molecule has 2 heterocycles. The molecule has 3 aromatic rings. The summed E-state index contributed by atoms with van der Waals surface area (Å²) in [7, 11) is 1.82. The Hall–Kier alpha value is -3.59. The number of nitrogens with two attached hydrogens (primary N) is 1. The average Bonchev–Trinajstić information content (AvgIpc) is 3.48. The molecule has 0 amide bonds. The second kappa shape index (κ2) is 10.4. The van der Waals surface area contributed by atoms with E-state index in [1.165, 1.54) is 12.8 Å². The fraction of sp³-hybridized carbons (Fsp3) is 0.423. The second-order valence-electron chi connectivity index (χ2n) is 9.68. The van der Waals surface area contributed by atoms with Gasteiger partial charge in [-0.1, -0.05) is 0 Å². The number of hydrogen-bond acceptors (Lipinski definition) is 8. The van der Waals surface area contributed by atoms with Crippen LogP contribution in [0.2, 0.25) is 0 Å². The molecule has 186 valence electrons. The standard InChI is InChI=1S/C26H34N6O3/c1-26(2,3)35-22-11-7-19(8-12-22)23(33)32-24(27)28-25(29-32)30(4)20-9-13-21(14-10-20)34-18-17-31-15-5-6-16-31/h7-14H,5-6,15-18H2,1-4H3,(H2,27,28,29). The number of aromatic nitrogens is 3. The molecular formula is C26H34N6O3. The van der Waals surface area contributed by atoms with Gasteiger partial charge in [0.05, 0.1) is 0 Å². The highest BCUT2D eigenvalue weighted by Gasteiger charge is 2.19. The van der Waals surface area contributed by atoms with Gasteiger partial charge in [0.2, 0.25) is 5.95 Å². The SMILES string of the molecule is CN(c1ccc(OCCN2CCCC2)cc1)c1nc(N)n(C(=O)c2ccc(OC(C)(C)C)cc2)n1. The highest BCUT2D eigenvalue weighted by atomic mass is 16.5. The van der Waals surface area contributed by atoms with E-state index in [0.29, 0.717) is 23.9 Å². The molecule has 9 heteroatoms. The lowest BCUT2D eigenvalue weighted by Gasteiger charge is -2.21. The summed E-state index contributed by atoms with van der Waals surface area (Å²) < 4.78 is 12.8. The minimum Gasteiger partial charge on any atom is -0.492 e. The largest absolute Gasteiger partial charge is 0.492 e. The van der Waals surface area contributed by atoms with Crippen molar-refractivity contribution in [3.8, 4) is 11.5 Å². The van der Waals surface area contributed by atoms with Gasteiger partial charge < -0.3 is 20.1 Å². The highest BCUT2D eigenvalue weighted by Crippen LogP contribution is 2.25. The van der Waals surface area contributed by atoms with Gasteiger partial charge in [-0.3, -0.25) is 9.69 Å². The summed E-state index contributed by atoms with van der Waals surface area (Å²) in [5.74, 6) is 1.48. The number of benzene rings is 2. The van der Waals surface area contributed by atoms with Gasteiger partial charge >= 0.3 is 0 Å². The van der Waals surface area contributed by atoms with E-state index in [2.05, 4.69) is 15.0 Å². The molecule has 35 heavy (non-hydrogen) atoms. The number of likely N-dealkylation sites (tertiary alicyclic amines) is 1. The Morgan fingerprint density at radius 2 is 1.66 bits per heavy atom. The summed E-state index contributed by atoms with van der Waals surface area (Å²) >= 11 is 0. The van der Waals surface area contributed by atoms with Crippen LogP contribution in [-0.2, 0) is 0 Å². The molecule has 0 radical (unpaired) electrons. The third-order valence-electron chi connectivity index (χ3n) is 5.74. The predicted molar refractivity (Wildman–Crippen MR) is 137 cm³/mol. The van der Waals surface area contributed by atoms with Gasteiger partial charge in [-0.2, -0.15) is 9.67 Å². The van der Waals surface area contributed by atoms with Crippen molar-refractivity contribution >= 4 is 23.5 Å². The molecule has 1 saturated heterocycles. The minimum absolute atomic E-state index is 0.0220.